The normalized spacial score (nSPS) is 17.6. The number of rotatable bonds is 1. The van der Waals surface area contributed by atoms with E-state index in [1.54, 1.807) is 18.9 Å². The Balaban J connectivity index is 1.59. The average molecular weight is 424 g/mol. The second-order valence-electron chi connectivity index (χ2n) is 7.98. The Morgan fingerprint density at radius 2 is 1.75 bits per heavy atom. The molecule has 1 fully saturated rings. The highest BCUT2D eigenvalue weighted by atomic mass is 32.2. The zero-order chi connectivity index (χ0) is 20.3. The number of hydrogen-bond acceptors (Lipinski definition) is 5. The minimum Gasteiger partial charge on any atom is -0.497 e. The Hall–Kier alpha value is -1.67. The molecule has 2 aliphatic rings. The number of methoxy groups -OCH3 is 1. The highest BCUT2D eigenvalue weighted by Crippen LogP contribution is 2.30. The van der Waals surface area contributed by atoms with Gasteiger partial charge in [0.1, 0.15) is 11.4 Å². The number of piperazine rings is 1. The maximum absolute atomic E-state index is 13.1. The van der Waals surface area contributed by atoms with Crippen molar-refractivity contribution in [2.75, 3.05) is 45.6 Å². The summed E-state index contributed by atoms with van der Waals surface area (Å²) in [6, 6.07) is 6.19. The van der Waals surface area contributed by atoms with Crippen LogP contribution in [0.25, 0.3) is 0 Å². The van der Waals surface area contributed by atoms with Gasteiger partial charge >= 0.3 is 6.03 Å². The number of amides is 2. The molecule has 2 amide bonds. The number of fused-ring (bicyclic) bond motifs is 1. The van der Waals surface area contributed by atoms with Crippen LogP contribution in [-0.2, 0) is 11.3 Å². The van der Waals surface area contributed by atoms with E-state index >= 15 is 0 Å². The van der Waals surface area contributed by atoms with E-state index in [-0.39, 0.29) is 11.6 Å². The van der Waals surface area contributed by atoms with Crippen LogP contribution in [0, 0.1) is 0 Å². The van der Waals surface area contributed by atoms with Crippen molar-refractivity contribution in [2.24, 2.45) is 0 Å². The molecule has 0 atom stereocenters. The van der Waals surface area contributed by atoms with Gasteiger partial charge in [0.05, 0.1) is 7.11 Å². The van der Waals surface area contributed by atoms with Crippen molar-refractivity contribution in [3.8, 4) is 5.75 Å². The molecular formula is C20H29N3O3S2. The Kier molecular flexibility index (Phi) is 6.60. The zero-order valence-electron chi connectivity index (χ0n) is 17.1. The summed E-state index contributed by atoms with van der Waals surface area (Å²) in [6.07, 6.45) is 0. The first-order valence-electron chi connectivity index (χ1n) is 9.58. The van der Waals surface area contributed by atoms with Crippen molar-refractivity contribution >= 4 is 35.2 Å². The second-order valence-corrected chi connectivity index (χ2v) is 9.47. The van der Waals surface area contributed by atoms with Crippen LogP contribution < -0.4 is 4.74 Å². The number of thioether (sulfide) groups is 1. The van der Waals surface area contributed by atoms with Gasteiger partial charge in [-0.1, -0.05) is 0 Å². The summed E-state index contributed by atoms with van der Waals surface area (Å²) in [6.45, 7) is 10.0. The quantitative estimate of drug-likeness (QED) is 0.645. The van der Waals surface area contributed by atoms with Crippen LogP contribution in [0.15, 0.2) is 23.1 Å². The molecular weight excluding hydrogens is 394 g/mol. The van der Waals surface area contributed by atoms with Crippen LogP contribution in [0.2, 0.25) is 0 Å². The van der Waals surface area contributed by atoms with E-state index < -0.39 is 0 Å². The summed E-state index contributed by atoms with van der Waals surface area (Å²) in [5, 5.41) is 0.520. The second kappa shape index (κ2) is 8.78. The molecule has 8 heteroatoms. The summed E-state index contributed by atoms with van der Waals surface area (Å²) in [7, 11) is 1.67. The summed E-state index contributed by atoms with van der Waals surface area (Å²) >= 11 is 7.21. The van der Waals surface area contributed by atoms with E-state index in [0.717, 1.165) is 23.6 Å². The average Bonchev–Trinajstić information content (AvgIpc) is 2.87. The highest BCUT2D eigenvalue weighted by molar-refractivity contribution is 7.99. The lowest BCUT2D eigenvalue weighted by atomic mass is 10.2. The van der Waals surface area contributed by atoms with Gasteiger partial charge in [-0.15, -0.1) is 11.8 Å². The fraction of sp³-hybridized carbons (Fsp3) is 0.600. The van der Waals surface area contributed by atoms with Crippen LogP contribution in [0.5, 0.6) is 5.75 Å². The smallest absolute Gasteiger partial charge is 0.320 e. The number of nitrogens with zero attached hydrogens (tertiary/aromatic N) is 3. The van der Waals surface area contributed by atoms with Crippen LogP contribution in [0.4, 0.5) is 4.79 Å². The molecule has 0 aromatic heterocycles. The third kappa shape index (κ3) is 5.23. The lowest BCUT2D eigenvalue weighted by Crippen LogP contribution is -2.54. The number of ether oxygens (including phenoxy) is 2. The molecule has 2 aliphatic heterocycles. The Labute approximate surface area is 177 Å². The van der Waals surface area contributed by atoms with Gasteiger partial charge in [0.25, 0.3) is 5.17 Å². The molecule has 0 aliphatic carbocycles. The van der Waals surface area contributed by atoms with Crippen LogP contribution in [0.1, 0.15) is 26.3 Å². The maximum atomic E-state index is 13.1. The first-order chi connectivity index (χ1) is 13.3. The number of thiocarbonyl (C=S) groups is 1. The molecule has 154 valence electrons. The maximum Gasteiger partial charge on any atom is 0.320 e. The van der Waals surface area contributed by atoms with Crippen molar-refractivity contribution in [2.45, 2.75) is 37.8 Å². The lowest BCUT2D eigenvalue weighted by molar-refractivity contribution is 0.0784. The molecule has 0 unspecified atom stereocenters. The van der Waals surface area contributed by atoms with Gasteiger partial charge in [0.2, 0.25) is 0 Å². The number of hydrogen-bond donors (Lipinski definition) is 0. The van der Waals surface area contributed by atoms with Crippen molar-refractivity contribution in [1.82, 2.24) is 14.7 Å². The molecule has 2 heterocycles. The first kappa shape index (κ1) is 21.0. The SMILES string of the molecule is COc1ccc2c(c1)CN(C(=O)N1CCN(C(=S)OC(C)(C)C)CC1)CCS2. The summed E-state index contributed by atoms with van der Waals surface area (Å²) in [5.74, 6) is 1.73. The molecule has 3 rings (SSSR count). The van der Waals surface area contributed by atoms with Gasteiger partial charge < -0.3 is 24.2 Å². The first-order valence-corrected chi connectivity index (χ1v) is 11.0. The summed E-state index contributed by atoms with van der Waals surface area (Å²) in [5.41, 5.74) is 0.843. The fourth-order valence-corrected chi connectivity index (χ4v) is 4.70. The number of carbonyl (C=O) groups is 1. The topological polar surface area (TPSA) is 45.2 Å². The van der Waals surface area contributed by atoms with Crippen molar-refractivity contribution in [3.63, 3.8) is 0 Å². The number of benzene rings is 1. The Bertz CT molecular complexity index is 728. The summed E-state index contributed by atoms with van der Waals surface area (Å²) < 4.78 is 11.1. The van der Waals surface area contributed by atoms with Gasteiger partial charge in [-0.2, -0.15) is 0 Å². The predicted octanol–water partition coefficient (Wildman–Crippen LogP) is 3.44. The fourth-order valence-electron chi connectivity index (χ4n) is 3.27. The Morgan fingerprint density at radius 3 is 2.39 bits per heavy atom. The van der Waals surface area contributed by atoms with Gasteiger partial charge in [0, 0.05) is 49.9 Å². The highest BCUT2D eigenvalue weighted by Gasteiger charge is 2.29. The van der Waals surface area contributed by atoms with Crippen LogP contribution >= 0.6 is 24.0 Å². The standard InChI is InChI=1S/C20H29N3O3S2/c1-20(2,3)26-19(27)22-9-7-21(8-10-22)18(24)23-11-12-28-17-6-5-16(25-4)13-15(17)14-23/h5-6,13H,7-12,14H2,1-4H3. The third-order valence-corrected chi connectivity index (χ3v) is 6.16. The van der Waals surface area contributed by atoms with Crippen molar-refractivity contribution < 1.29 is 14.3 Å². The molecule has 0 N–H and O–H groups in total. The largest absolute Gasteiger partial charge is 0.497 e. The molecule has 6 nitrogen and oxygen atoms in total. The van der Waals surface area contributed by atoms with Crippen molar-refractivity contribution in [3.05, 3.63) is 23.8 Å². The molecule has 0 radical (unpaired) electrons. The predicted molar refractivity (Wildman–Crippen MR) is 116 cm³/mol. The minimum atomic E-state index is -0.303. The molecule has 1 aromatic rings. The lowest BCUT2D eigenvalue weighted by Gasteiger charge is -2.39. The van der Waals surface area contributed by atoms with E-state index in [2.05, 4.69) is 6.07 Å². The van der Waals surface area contributed by atoms with E-state index in [1.165, 1.54) is 4.90 Å². The van der Waals surface area contributed by atoms with Gasteiger partial charge in [-0.05, 0) is 56.8 Å². The van der Waals surface area contributed by atoms with Crippen LogP contribution in [-0.4, -0.2) is 77.1 Å². The number of carbonyl (C=O) groups excluding carboxylic acids is 1. The molecule has 1 saturated heterocycles. The van der Waals surface area contributed by atoms with E-state index in [4.69, 9.17) is 21.7 Å². The van der Waals surface area contributed by atoms with Crippen LogP contribution in [0.3, 0.4) is 0 Å². The van der Waals surface area contributed by atoms with Crippen molar-refractivity contribution in [1.29, 1.82) is 0 Å². The van der Waals surface area contributed by atoms with E-state index in [0.29, 0.717) is 37.9 Å². The Morgan fingerprint density at radius 1 is 1.07 bits per heavy atom. The molecule has 0 saturated carbocycles. The van der Waals surface area contributed by atoms with Gasteiger partial charge in [-0.3, -0.25) is 0 Å². The molecule has 0 spiro atoms. The molecule has 1 aromatic carbocycles. The third-order valence-electron chi connectivity index (χ3n) is 4.72. The van der Waals surface area contributed by atoms with E-state index in [1.807, 2.05) is 47.6 Å². The molecule has 28 heavy (non-hydrogen) atoms. The summed E-state index contributed by atoms with van der Waals surface area (Å²) in [4.78, 5) is 20.2. The van der Waals surface area contributed by atoms with E-state index in [9.17, 15) is 4.79 Å². The van der Waals surface area contributed by atoms with Gasteiger partial charge in [-0.25, -0.2) is 4.79 Å². The van der Waals surface area contributed by atoms with Gasteiger partial charge in [0.15, 0.2) is 0 Å². The minimum absolute atomic E-state index is 0.0959. The zero-order valence-corrected chi connectivity index (χ0v) is 18.7. The molecule has 0 bridgehead atoms. The monoisotopic (exact) mass is 423 g/mol. The number of urea groups is 1.